The quantitative estimate of drug-likeness (QED) is 0.284. The smallest absolute Gasteiger partial charge is 0.292 e. The fourth-order valence-electron chi connectivity index (χ4n) is 2.92. The van der Waals surface area contributed by atoms with E-state index in [1.165, 1.54) is 40.0 Å². The minimum atomic E-state index is -0.533. The Balaban J connectivity index is 1.73. The van der Waals surface area contributed by atoms with Crippen molar-refractivity contribution in [1.29, 1.82) is 0 Å². The van der Waals surface area contributed by atoms with Gasteiger partial charge in [-0.25, -0.2) is 9.67 Å². The summed E-state index contributed by atoms with van der Waals surface area (Å²) in [5.74, 6) is -0.281. The molecule has 0 aliphatic rings. The lowest BCUT2D eigenvalue weighted by atomic mass is 10.1. The molecule has 144 valence electrons. The maximum atomic E-state index is 12.8. The summed E-state index contributed by atoms with van der Waals surface area (Å²) in [5, 5.41) is 16.0. The number of carbonyl (C=O) groups excluding carboxylic acids is 1. The Hall–Kier alpha value is -3.85. The molecule has 2 aromatic carbocycles. The molecule has 9 nitrogen and oxygen atoms in total. The standard InChI is InChI=1S/C19H12ClN5O4/c20-13-7-5-12(6-8-13)17(26)10-23-11-21-18-14(19(23)27)9-22-24(18)15-3-1-2-4-16(15)25(28)29/h1-9,11H,10H2. The molecule has 0 bridgehead atoms. The molecule has 10 heteroatoms. The van der Waals surface area contributed by atoms with E-state index < -0.39 is 10.5 Å². The highest BCUT2D eigenvalue weighted by atomic mass is 35.5. The molecule has 0 aliphatic heterocycles. The fraction of sp³-hybridized carbons (Fsp3) is 0.0526. The summed E-state index contributed by atoms with van der Waals surface area (Å²) >= 11 is 5.82. The molecule has 29 heavy (non-hydrogen) atoms. The van der Waals surface area contributed by atoms with Gasteiger partial charge in [0.25, 0.3) is 11.2 Å². The number of fused-ring (bicyclic) bond motifs is 1. The monoisotopic (exact) mass is 409 g/mol. The Morgan fingerprint density at radius 1 is 1.14 bits per heavy atom. The van der Waals surface area contributed by atoms with Crippen molar-refractivity contribution < 1.29 is 9.72 Å². The normalized spacial score (nSPS) is 10.9. The molecule has 4 rings (SSSR count). The van der Waals surface area contributed by atoms with Crippen molar-refractivity contribution >= 4 is 34.1 Å². The van der Waals surface area contributed by atoms with E-state index in [1.807, 2.05) is 0 Å². The summed E-state index contributed by atoms with van der Waals surface area (Å²) in [6.45, 7) is -0.208. The van der Waals surface area contributed by atoms with Crippen molar-refractivity contribution in [2.45, 2.75) is 6.54 Å². The van der Waals surface area contributed by atoms with Crippen molar-refractivity contribution in [2.75, 3.05) is 0 Å². The zero-order valence-electron chi connectivity index (χ0n) is 14.7. The number of carbonyl (C=O) groups is 1. The highest BCUT2D eigenvalue weighted by molar-refractivity contribution is 6.30. The lowest BCUT2D eigenvalue weighted by molar-refractivity contribution is -0.384. The third-order valence-electron chi connectivity index (χ3n) is 4.34. The summed E-state index contributed by atoms with van der Waals surface area (Å²) in [5.41, 5.74) is 0.134. The molecule has 0 atom stereocenters. The van der Waals surface area contributed by atoms with Crippen LogP contribution >= 0.6 is 11.6 Å². The largest absolute Gasteiger partial charge is 0.294 e. The van der Waals surface area contributed by atoms with Gasteiger partial charge in [-0.1, -0.05) is 23.7 Å². The van der Waals surface area contributed by atoms with E-state index in [9.17, 15) is 19.7 Å². The Kier molecular flexibility index (Phi) is 4.65. The predicted octanol–water partition coefficient (Wildman–Crippen LogP) is 3.03. The van der Waals surface area contributed by atoms with Crippen LogP contribution in [-0.4, -0.2) is 30.0 Å². The van der Waals surface area contributed by atoms with Gasteiger partial charge in [0.1, 0.15) is 17.4 Å². The van der Waals surface area contributed by atoms with Crippen LogP contribution < -0.4 is 5.56 Å². The number of hydrogen-bond donors (Lipinski definition) is 0. The first-order valence-electron chi connectivity index (χ1n) is 8.41. The number of nitro benzene ring substituents is 1. The van der Waals surface area contributed by atoms with Crippen LogP contribution in [0.3, 0.4) is 0 Å². The summed E-state index contributed by atoms with van der Waals surface area (Å²) in [6.07, 6.45) is 2.51. The molecule has 0 saturated heterocycles. The van der Waals surface area contributed by atoms with Crippen LogP contribution in [0.1, 0.15) is 10.4 Å². The molecule has 0 fully saturated rings. The second kappa shape index (κ2) is 7.28. The van der Waals surface area contributed by atoms with Gasteiger partial charge in [0.15, 0.2) is 11.4 Å². The second-order valence-electron chi connectivity index (χ2n) is 6.15. The van der Waals surface area contributed by atoms with Crippen molar-refractivity contribution in [3.63, 3.8) is 0 Å². The summed E-state index contributed by atoms with van der Waals surface area (Å²) in [7, 11) is 0. The number of hydrogen-bond acceptors (Lipinski definition) is 6. The van der Waals surface area contributed by atoms with Crippen LogP contribution in [-0.2, 0) is 6.54 Å². The average molecular weight is 410 g/mol. The van der Waals surface area contributed by atoms with Gasteiger partial charge in [0.2, 0.25) is 0 Å². The molecule has 2 aromatic heterocycles. The molecule has 0 saturated carbocycles. The van der Waals surface area contributed by atoms with Crippen molar-refractivity contribution in [2.24, 2.45) is 0 Å². The first-order chi connectivity index (χ1) is 14.0. The topological polar surface area (TPSA) is 113 Å². The van der Waals surface area contributed by atoms with E-state index in [-0.39, 0.29) is 34.7 Å². The van der Waals surface area contributed by atoms with Gasteiger partial charge in [-0.2, -0.15) is 5.10 Å². The van der Waals surface area contributed by atoms with Crippen LogP contribution in [0.4, 0.5) is 5.69 Å². The molecule has 4 aromatic rings. The minimum Gasteiger partial charge on any atom is -0.292 e. The summed E-state index contributed by atoms with van der Waals surface area (Å²) in [6, 6.07) is 12.4. The number of nitro groups is 1. The van der Waals surface area contributed by atoms with Gasteiger partial charge in [0, 0.05) is 16.7 Å². The number of para-hydroxylation sites is 2. The predicted molar refractivity (Wildman–Crippen MR) is 106 cm³/mol. The molecule has 0 unspecified atom stereocenters. The van der Waals surface area contributed by atoms with Crippen LogP contribution in [0.15, 0.2) is 65.8 Å². The van der Waals surface area contributed by atoms with Crippen LogP contribution in [0, 0.1) is 10.1 Å². The molecular weight excluding hydrogens is 398 g/mol. The first-order valence-corrected chi connectivity index (χ1v) is 8.79. The van der Waals surface area contributed by atoms with E-state index in [0.717, 1.165) is 0 Å². The third kappa shape index (κ3) is 3.39. The summed E-state index contributed by atoms with van der Waals surface area (Å²) in [4.78, 5) is 40.2. The number of Topliss-reactive ketones (excluding diaryl/α,β-unsaturated/α-hetero) is 1. The van der Waals surface area contributed by atoms with Gasteiger partial charge in [0.05, 0.1) is 17.7 Å². The average Bonchev–Trinajstić information content (AvgIpc) is 3.15. The van der Waals surface area contributed by atoms with Crippen LogP contribution in [0.2, 0.25) is 5.02 Å². The maximum Gasteiger partial charge on any atom is 0.294 e. The van der Waals surface area contributed by atoms with E-state index >= 15 is 0 Å². The Labute approximate surface area is 167 Å². The Morgan fingerprint density at radius 2 is 1.86 bits per heavy atom. The van der Waals surface area contributed by atoms with Gasteiger partial charge >= 0.3 is 0 Å². The second-order valence-corrected chi connectivity index (χ2v) is 6.58. The van der Waals surface area contributed by atoms with Crippen LogP contribution in [0.5, 0.6) is 0 Å². The maximum absolute atomic E-state index is 12.8. The lowest BCUT2D eigenvalue weighted by Crippen LogP contribution is -2.24. The Bertz CT molecular complexity index is 1310. The molecule has 0 radical (unpaired) electrons. The van der Waals surface area contributed by atoms with Gasteiger partial charge in [-0.3, -0.25) is 24.3 Å². The first kappa shape index (κ1) is 18.5. The fourth-order valence-corrected chi connectivity index (χ4v) is 3.04. The lowest BCUT2D eigenvalue weighted by Gasteiger charge is -2.06. The SMILES string of the molecule is O=C(Cn1cnc2c(cnn2-c2ccccc2[N+](=O)[O-])c1=O)c1ccc(Cl)cc1. The van der Waals surface area contributed by atoms with Crippen LogP contribution in [0.25, 0.3) is 16.7 Å². The number of rotatable bonds is 5. The molecule has 2 heterocycles. The van der Waals surface area contributed by atoms with Gasteiger partial charge in [-0.15, -0.1) is 0 Å². The van der Waals surface area contributed by atoms with E-state index in [2.05, 4.69) is 10.1 Å². The van der Waals surface area contributed by atoms with E-state index in [0.29, 0.717) is 10.6 Å². The number of benzene rings is 2. The third-order valence-corrected chi connectivity index (χ3v) is 4.59. The zero-order valence-corrected chi connectivity index (χ0v) is 15.5. The molecule has 0 aliphatic carbocycles. The number of ketones is 1. The molecule has 0 N–H and O–H groups in total. The molecular formula is C19H12ClN5O4. The van der Waals surface area contributed by atoms with E-state index in [4.69, 9.17) is 11.6 Å². The zero-order chi connectivity index (χ0) is 20.5. The molecule has 0 amide bonds. The van der Waals surface area contributed by atoms with Gasteiger partial charge < -0.3 is 0 Å². The Morgan fingerprint density at radius 3 is 2.59 bits per heavy atom. The summed E-state index contributed by atoms with van der Waals surface area (Å²) < 4.78 is 2.41. The van der Waals surface area contributed by atoms with Crippen molar-refractivity contribution in [3.8, 4) is 5.69 Å². The van der Waals surface area contributed by atoms with Gasteiger partial charge in [-0.05, 0) is 30.3 Å². The molecule has 0 spiro atoms. The van der Waals surface area contributed by atoms with Crippen molar-refractivity contribution in [3.05, 3.63) is 92.1 Å². The number of halogens is 1. The number of aromatic nitrogens is 4. The number of nitrogens with zero attached hydrogens (tertiary/aromatic N) is 5. The van der Waals surface area contributed by atoms with E-state index in [1.54, 1.807) is 30.3 Å². The highest BCUT2D eigenvalue weighted by Gasteiger charge is 2.19. The van der Waals surface area contributed by atoms with Crippen molar-refractivity contribution in [1.82, 2.24) is 19.3 Å². The highest BCUT2D eigenvalue weighted by Crippen LogP contribution is 2.23. The minimum absolute atomic E-state index is 0.148.